The van der Waals surface area contributed by atoms with Crippen molar-refractivity contribution in [2.24, 2.45) is 0 Å². The molecule has 10 heteroatoms. The molecule has 1 saturated carbocycles. The Morgan fingerprint density at radius 3 is 2.59 bits per heavy atom. The van der Waals surface area contributed by atoms with Gasteiger partial charge >= 0.3 is 6.18 Å². The molecule has 1 fully saturated rings. The first kappa shape index (κ1) is 23.7. The van der Waals surface area contributed by atoms with Gasteiger partial charge in [-0.2, -0.15) is 13.2 Å². The van der Waals surface area contributed by atoms with Crippen molar-refractivity contribution in [3.8, 4) is 28.4 Å². The van der Waals surface area contributed by atoms with Gasteiger partial charge in [-0.1, -0.05) is 30.3 Å². The fourth-order valence-corrected chi connectivity index (χ4v) is 5.72. The van der Waals surface area contributed by atoms with Crippen molar-refractivity contribution in [2.75, 3.05) is 0 Å². The number of benzene rings is 3. The Labute approximate surface area is 229 Å². The van der Waals surface area contributed by atoms with Crippen LogP contribution in [-0.2, 0) is 6.18 Å². The topological polar surface area (TPSA) is 92.9 Å². The van der Waals surface area contributed by atoms with Crippen molar-refractivity contribution in [2.45, 2.75) is 24.1 Å². The summed E-state index contributed by atoms with van der Waals surface area (Å²) in [5, 5.41) is 0.658. The van der Waals surface area contributed by atoms with E-state index >= 15 is 0 Å². The molecule has 3 aromatic heterocycles. The van der Waals surface area contributed by atoms with Crippen molar-refractivity contribution in [3.05, 3.63) is 112 Å². The maximum Gasteiger partial charge on any atom is 0.416 e. The molecule has 8 rings (SSSR count). The lowest BCUT2D eigenvalue weighted by molar-refractivity contribution is -0.137. The van der Waals surface area contributed by atoms with E-state index in [2.05, 4.69) is 19.9 Å². The number of H-pyrrole nitrogens is 2. The number of aromatic amines is 2. The molecule has 3 atom stereocenters. The van der Waals surface area contributed by atoms with Crippen molar-refractivity contribution < 1.29 is 22.6 Å². The minimum Gasteiger partial charge on any atom is -0.489 e. The summed E-state index contributed by atoms with van der Waals surface area (Å²) in [6, 6.07) is 22.0. The summed E-state index contributed by atoms with van der Waals surface area (Å²) in [7, 11) is 0. The third kappa shape index (κ3) is 3.86. The number of nitrogens with zero attached hydrogens (tertiary/aromatic N) is 2. The zero-order valence-electron chi connectivity index (χ0n) is 21.1. The lowest BCUT2D eigenvalue weighted by Gasteiger charge is -2.12. The molecule has 3 aromatic carbocycles. The highest BCUT2D eigenvalue weighted by atomic mass is 19.4. The van der Waals surface area contributed by atoms with Gasteiger partial charge in [0.1, 0.15) is 34.8 Å². The second-order valence-corrected chi connectivity index (χ2v) is 10.2. The number of hydrogen-bond acceptors (Lipinski definition) is 5. The highest BCUT2D eigenvalue weighted by Gasteiger charge is 2.61. The van der Waals surface area contributed by atoms with Crippen LogP contribution in [0.4, 0.5) is 13.2 Å². The Balaban J connectivity index is 1.10. The molecular weight excluding hydrogens is 533 g/mol. The number of fused-ring (bicyclic) bond motifs is 5. The highest BCUT2D eigenvalue weighted by Crippen LogP contribution is 2.63. The minimum atomic E-state index is -4.42. The van der Waals surface area contributed by atoms with E-state index in [0.29, 0.717) is 45.0 Å². The van der Waals surface area contributed by atoms with Gasteiger partial charge in [0.15, 0.2) is 0 Å². The molecular formula is C31H19F3N4O3. The molecule has 4 heterocycles. The Hall–Kier alpha value is -5.12. The van der Waals surface area contributed by atoms with Crippen LogP contribution in [0.25, 0.3) is 33.2 Å². The van der Waals surface area contributed by atoms with Crippen LogP contribution in [0, 0.1) is 0 Å². The molecule has 1 aliphatic heterocycles. The number of aromatic nitrogens is 4. The smallest absolute Gasteiger partial charge is 0.416 e. The molecule has 2 aliphatic rings. The Bertz CT molecular complexity index is 2050. The van der Waals surface area contributed by atoms with Crippen LogP contribution >= 0.6 is 0 Å². The van der Waals surface area contributed by atoms with Crippen LogP contribution in [0.1, 0.15) is 28.8 Å². The van der Waals surface area contributed by atoms with Gasteiger partial charge in [-0.25, -0.2) is 9.97 Å². The van der Waals surface area contributed by atoms with Gasteiger partial charge in [-0.05, 0) is 54.1 Å². The van der Waals surface area contributed by atoms with Crippen LogP contribution < -0.4 is 15.0 Å². The minimum absolute atomic E-state index is 0.00595. The number of halogens is 3. The van der Waals surface area contributed by atoms with E-state index in [0.717, 1.165) is 29.0 Å². The van der Waals surface area contributed by atoms with Crippen molar-refractivity contribution in [1.82, 2.24) is 19.9 Å². The predicted molar refractivity (Wildman–Crippen MR) is 145 cm³/mol. The SMILES string of the molecule is O=c1[nH]c2nccc(Oc3ccc4c(c3)[C@H]3[C@@H](O4)[C@@H]3c3nc4ccc(C(F)(F)F)cc4[nH]3)c2cc1-c1ccccc1. The van der Waals surface area contributed by atoms with E-state index in [9.17, 15) is 18.0 Å². The van der Waals surface area contributed by atoms with E-state index in [4.69, 9.17) is 9.47 Å². The Morgan fingerprint density at radius 1 is 0.902 bits per heavy atom. The van der Waals surface area contributed by atoms with E-state index in [1.165, 1.54) is 6.07 Å². The second-order valence-electron chi connectivity index (χ2n) is 10.2. The average Bonchev–Trinajstić information content (AvgIpc) is 3.30. The fourth-order valence-electron chi connectivity index (χ4n) is 5.72. The molecule has 7 nitrogen and oxygen atoms in total. The molecule has 0 bridgehead atoms. The molecule has 0 unspecified atom stereocenters. The van der Waals surface area contributed by atoms with Crippen molar-refractivity contribution in [3.63, 3.8) is 0 Å². The maximum absolute atomic E-state index is 13.2. The summed E-state index contributed by atoms with van der Waals surface area (Å²) in [5.74, 6) is 2.37. The normalized spacial score (nSPS) is 19.1. The average molecular weight is 553 g/mol. The molecule has 0 spiro atoms. The number of hydrogen-bond donors (Lipinski definition) is 2. The summed E-state index contributed by atoms with van der Waals surface area (Å²) >= 11 is 0. The van der Waals surface area contributed by atoms with Crippen molar-refractivity contribution >= 4 is 22.1 Å². The van der Waals surface area contributed by atoms with E-state index in [-0.39, 0.29) is 23.5 Å². The fraction of sp³-hybridized carbons (Fsp3) is 0.129. The first-order chi connectivity index (χ1) is 19.8. The molecule has 0 saturated heterocycles. The zero-order chi connectivity index (χ0) is 27.9. The number of ether oxygens (including phenoxy) is 2. The molecule has 41 heavy (non-hydrogen) atoms. The maximum atomic E-state index is 13.2. The first-order valence-corrected chi connectivity index (χ1v) is 13.0. The van der Waals surface area contributed by atoms with Gasteiger partial charge in [-0.15, -0.1) is 0 Å². The summed E-state index contributed by atoms with van der Waals surface area (Å²) in [6.07, 6.45) is -3.00. The largest absolute Gasteiger partial charge is 0.489 e. The van der Waals surface area contributed by atoms with Crippen LogP contribution in [0.15, 0.2) is 89.9 Å². The van der Waals surface area contributed by atoms with Gasteiger partial charge in [0.25, 0.3) is 5.56 Å². The Kier molecular flexibility index (Phi) is 4.89. The molecule has 6 aromatic rings. The van der Waals surface area contributed by atoms with Gasteiger partial charge in [0.2, 0.25) is 0 Å². The van der Waals surface area contributed by atoms with Gasteiger partial charge in [-0.3, -0.25) is 4.79 Å². The van der Waals surface area contributed by atoms with Crippen LogP contribution in [-0.4, -0.2) is 26.0 Å². The van der Waals surface area contributed by atoms with Crippen LogP contribution in [0.3, 0.4) is 0 Å². The van der Waals surface area contributed by atoms with E-state index < -0.39 is 11.7 Å². The van der Waals surface area contributed by atoms with E-state index in [1.807, 2.05) is 48.5 Å². The lowest BCUT2D eigenvalue weighted by Crippen LogP contribution is -2.09. The number of nitrogens with one attached hydrogen (secondary N) is 2. The van der Waals surface area contributed by atoms with Gasteiger partial charge in [0.05, 0.1) is 27.9 Å². The summed E-state index contributed by atoms with van der Waals surface area (Å²) < 4.78 is 51.9. The van der Waals surface area contributed by atoms with Crippen molar-refractivity contribution in [1.29, 1.82) is 0 Å². The first-order valence-electron chi connectivity index (χ1n) is 13.0. The quantitative estimate of drug-likeness (QED) is 0.248. The molecule has 0 amide bonds. The van der Waals surface area contributed by atoms with Gasteiger partial charge in [0, 0.05) is 23.2 Å². The second kappa shape index (κ2) is 8.44. The standard InChI is InChI=1S/C31H19F3N4O3/c32-31(33,34)16-6-8-21-22(12-16)37-29(36-21)26-25-19-13-17(7-9-23(19)41-27(25)26)40-24-10-11-35-28-20(24)14-18(30(39)38-28)15-4-2-1-3-5-15/h1-14,25-27H,(H,36,37)(H,35,38,39)/t25-,26-,27-/m1/s1. The number of imidazole rings is 1. The number of rotatable bonds is 4. The number of alkyl halides is 3. The Morgan fingerprint density at radius 2 is 1.76 bits per heavy atom. The summed E-state index contributed by atoms with van der Waals surface area (Å²) in [5.41, 5.74) is 2.52. The molecule has 202 valence electrons. The monoisotopic (exact) mass is 552 g/mol. The zero-order valence-corrected chi connectivity index (χ0v) is 21.1. The number of pyridine rings is 2. The van der Waals surface area contributed by atoms with E-state index in [1.54, 1.807) is 18.3 Å². The van der Waals surface area contributed by atoms with Gasteiger partial charge < -0.3 is 19.4 Å². The third-order valence-electron chi connectivity index (χ3n) is 7.73. The summed E-state index contributed by atoms with van der Waals surface area (Å²) in [6.45, 7) is 0. The lowest BCUT2D eigenvalue weighted by atomic mass is 10.1. The molecule has 2 N–H and O–H groups in total. The molecule has 1 aliphatic carbocycles. The summed E-state index contributed by atoms with van der Waals surface area (Å²) in [4.78, 5) is 27.5. The predicted octanol–water partition coefficient (Wildman–Crippen LogP) is 6.92. The third-order valence-corrected chi connectivity index (χ3v) is 7.73. The van der Waals surface area contributed by atoms with Crippen LogP contribution in [0.2, 0.25) is 0 Å². The highest BCUT2D eigenvalue weighted by molar-refractivity contribution is 5.86. The van der Waals surface area contributed by atoms with Crippen LogP contribution in [0.5, 0.6) is 17.2 Å². The molecule has 0 radical (unpaired) electrons.